The van der Waals surface area contributed by atoms with Gasteiger partial charge in [0.1, 0.15) is 5.69 Å². The highest BCUT2D eigenvalue weighted by molar-refractivity contribution is 5.95. The second kappa shape index (κ2) is 6.76. The predicted molar refractivity (Wildman–Crippen MR) is 58.3 cm³/mol. The predicted octanol–water partition coefficient (Wildman–Crippen LogP) is 0.339. The van der Waals surface area contributed by atoms with E-state index in [2.05, 4.69) is 10.1 Å². The van der Waals surface area contributed by atoms with E-state index in [0.29, 0.717) is 25.5 Å². The molecule has 0 aromatic carbocycles. The molecule has 0 aliphatic carbocycles. The molecule has 16 heavy (non-hydrogen) atoms. The van der Waals surface area contributed by atoms with Gasteiger partial charge in [0.15, 0.2) is 5.84 Å². The van der Waals surface area contributed by atoms with Gasteiger partial charge >= 0.3 is 0 Å². The molecule has 1 heterocycles. The summed E-state index contributed by atoms with van der Waals surface area (Å²) in [5.74, 6) is -0.0151. The molecule has 0 aliphatic heterocycles. The van der Waals surface area contributed by atoms with Crippen LogP contribution < -0.4 is 5.73 Å². The van der Waals surface area contributed by atoms with Crippen molar-refractivity contribution in [3.8, 4) is 0 Å². The molecule has 0 amide bonds. The van der Waals surface area contributed by atoms with E-state index in [1.54, 1.807) is 25.4 Å². The molecule has 0 radical (unpaired) electrons. The Hall–Kier alpha value is -1.66. The van der Waals surface area contributed by atoms with Crippen molar-refractivity contribution in [2.24, 2.45) is 10.9 Å². The third kappa shape index (κ3) is 3.84. The SMILES string of the molecule is COCCOCc1ccnc(C(N)=NO)c1. The van der Waals surface area contributed by atoms with E-state index in [9.17, 15) is 0 Å². The maximum Gasteiger partial charge on any atom is 0.188 e. The molecule has 0 saturated carbocycles. The summed E-state index contributed by atoms with van der Waals surface area (Å²) in [6.45, 7) is 1.52. The van der Waals surface area contributed by atoms with Crippen LogP contribution in [0.4, 0.5) is 0 Å². The van der Waals surface area contributed by atoms with Crippen molar-refractivity contribution >= 4 is 5.84 Å². The minimum Gasteiger partial charge on any atom is -0.409 e. The molecule has 0 aliphatic rings. The topological polar surface area (TPSA) is 90.0 Å². The van der Waals surface area contributed by atoms with E-state index >= 15 is 0 Å². The number of rotatable bonds is 6. The molecule has 0 saturated heterocycles. The maximum atomic E-state index is 8.50. The third-order valence-electron chi connectivity index (χ3n) is 1.90. The fourth-order valence-electron chi connectivity index (χ4n) is 1.09. The van der Waals surface area contributed by atoms with Crippen LogP contribution in [0.5, 0.6) is 0 Å². The second-order valence-corrected chi connectivity index (χ2v) is 3.08. The van der Waals surface area contributed by atoms with E-state index in [1.165, 1.54) is 0 Å². The molecular weight excluding hydrogens is 210 g/mol. The van der Waals surface area contributed by atoms with Crippen LogP contribution in [0, 0.1) is 0 Å². The Morgan fingerprint density at radius 3 is 3.06 bits per heavy atom. The first-order chi connectivity index (χ1) is 7.77. The Balaban J connectivity index is 2.54. The average molecular weight is 225 g/mol. The summed E-state index contributed by atoms with van der Waals surface area (Å²) in [5, 5.41) is 11.4. The number of oxime groups is 1. The summed E-state index contributed by atoms with van der Waals surface area (Å²) >= 11 is 0. The number of nitrogens with zero attached hydrogens (tertiary/aromatic N) is 2. The van der Waals surface area contributed by atoms with Crippen LogP contribution in [0.25, 0.3) is 0 Å². The summed E-state index contributed by atoms with van der Waals surface area (Å²) in [6, 6.07) is 3.52. The molecule has 0 unspecified atom stereocenters. The van der Waals surface area contributed by atoms with Crippen molar-refractivity contribution in [1.29, 1.82) is 0 Å². The molecule has 6 nitrogen and oxygen atoms in total. The fraction of sp³-hybridized carbons (Fsp3) is 0.400. The van der Waals surface area contributed by atoms with Gasteiger partial charge in [0.2, 0.25) is 0 Å². The van der Waals surface area contributed by atoms with Crippen molar-refractivity contribution < 1.29 is 14.7 Å². The van der Waals surface area contributed by atoms with Crippen LogP contribution in [0.3, 0.4) is 0 Å². The number of pyridine rings is 1. The zero-order valence-corrected chi connectivity index (χ0v) is 9.09. The lowest BCUT2D eigenvalue weighted by molar-refractivity contribution is 0.0616. The van der Waals surface area contributed by atoms with Crippen LogP contribution in [0.2, 0.25) is 0 Å². The second-order valence-electron chi connectivity index (χ2n) is 3.08. The van der Waals surface area contributed by atoms with E-state index in [1.807, 2.05) is 0 Å². The van der Waals surface area contributed by atoms with Gasteiger partial charge in [0.05, 0.1) is 19.8 Å². The third-order valence-corrected chi connectivity index (χ3v) is 1.90. The molecule has 0 bridgehead atoms. The maximum absolute atomic E-state index is 8.50. The number of hydrogen-bond acceptors (Lipinski definition) is 5. The van der Waals surface area contributed by atoms with Gasteiger partial charge in [-0.25, -0.2) is 0 Å². The molecule has 3 N–H and O–H groups in total. The number of nitrogens with two attached hydrogens (primary N) is 1. The van der Waals surface area contributed by atoms with Gasteiger partial charge in [-0.05, 0) is 17.7 Å². The molecule has 1 aromatic rings. The van der Waals surface area contributed by atoms with Crippen molar-refractivity contribution in [1.82, 2.24) is 4.98 Å². The largest absolute Gasteiger partial charge is 0.409 e. The van der Waals surface area contributed by atoms with E-state index in [0.717, 1.165) is 5.56 Å². The van der Waals surface area contributed by atoms with Gasteiger partial charge in [-0.3, -0.25) is 4.98 Å². The molecule has 6 heteroatoms. The van der Waals surface area contributed by atoms with Crippen LogP contribution in [-0.2, 0) is 16.1 Å². The number of hydrogen-bond donors (Lipinski definition) is 2. The van der Waals surface area contributed by atoms with Crippen molar-refractivity contribution in [3.05, 3.63) is 29.6 Å². The van der Waals surface area contributed by atoms with Gasteiger partial charge in [0.25, 0.3) is 0 Å². The lowest BCUT2D eigenvalue weighted by Gasteiger charge is -2.04. The van der Waals surface area contributed by atoms with Gasteiger partial charge in [0, 0.05) is 13.3 Å². The van der Waals surface area contributed by atoms with Gasteiger partial charge in [-0.15, -0.1) is 0 Å². The molecule has 88 valence electrons. The minimum absolute atomic E-state index is 0.0151. The number of ether oxygens (including phenoxy) is 2. The smallest absolute Gasteiger partial charge is 0.188 e. The summed E-state index contributed by atoms with van der Waals surface area (Å²) in [5.41, 5.74) is 6.75. The lowest BCUT2D eigenvalue weighted by Crippen LogP contribution is -2.15. The molecule has 0 atom stereocenters. The van der Waals surface area contributed by atoms with Crippen molar-refractivity contribution in [3.63, 3.8) is 0 Å². The van der Waals surface area contributed by atoms with Crippen LogP contribution in [-0.4, -0.2) is 36.4 Å². The molecular formula is C10H15N3O3. The van der Waals surface area contributed by atoms with Crippen molar-refractivity contribution in [2.45, 2.75) is 6.61 Å². The number of amidine groups is 1. The van der Waals surface area contributed by atoms with Gasteiger partial charge in [-0.2, -0.15) is 0 Å². The highest BCUT2D eigenvalue weighted by Gasteiger charge is 2.02. The number of aromatic nitrogens is 1. The molecule has 0 fully saturated rings. The molecule has 1 aromatic heterocycles. The Morgan fingerprint density at radius 1 is 1.56 bits per heavy atom. The van der Waals surface area contributed by atoms with Crippen LogP contribution in [0.1, 0.15) is 11.3 Å². The summed E-state index contributed by atoms with van der Waals surface area (Å²) in [6.07, 6.45) is 1.59. The zero-order chi connectivity index (χ0) is 11.8. The normalized spacial score (nSPS) is 11.7. The first kappa shape index (κ1) is 12.4. The zero-order valence-electron chi connectivity index (χ0n) is 9.09. The summed E-state index contributed by atoms with van der Waals surface area (Å²) in [7, 11) is 1.62. The van der Waals surface area contributed by atoms with Crippen molar-refractivity contribution in [2.75, 3.05) is 20.3 Å². The van der Waals surface area contributed by atoms with Crippen LogP contribution >= 0.6 is 0 Å². The van der Waals surface area contributed by atoms with E-state index < -0.39 is 0 Å². The average Bonchev–Trinajstić information content (AvgIpc) is 2.34. The Morgan fingerprint density at radius 2 is 2.38 bits per heavy atom. The molecule has 0 spiro atoms. The number of methoxy groups -OCH3 is 1. The Kier molecular flexibility index (Phi) is 5.24. The Labute approximate surface area is 93.7 Å². The minimum atomic E-state index is -0.0151. The molecule has 1 rings (SSSR count). The highest BCUT2D eigenvalue weighted by Crippen LogP contribution is 2.03. The fourth-order valence-corrected chi connectivity index (χ4v) is 1.09. The quantitative estimate of drug-likeness (QED) is 0.239. The summed E-state index contributed by atoms with van der Waals surface area (Å²) in [4.78, 5) is 3.96. The standard InChI is InChI=1S/C10H15N3O3/c1-15-4-5-16-7-8-2-3-12-9(6-8)10(11)13-14/h2-3,6,14H,4-5,7H2,1H3,(H2,11,13). The highest BCUT2D eigenvalue weighted by atomic mass is 16.5. The first-order valence-electron chi connectivity index (χ1n) is 4.77. The van der Waals surface area contributed by atoms with Gasteiger partial charge in [-0.1, -0.05) is 5.16 Å². The monoisotopic (exact) mass is 225 g/mol. The van der Waals surface area contributed by atoms with Gasteiger partial charge < -0.3 is 20.4 Å². The van der Waals surface area contributed by atoms with Crippen LogP contribution in [0.15, 0.2) is 23.5 Å². The first-order valence-corrected chi connectivity index (χ1v) is 4.77. The van der Waals surface area contributed by atoms with E-state index in [-0.39, 0.29) is 5.84 Å². The Bertz CT molecular complexity index is 355. The summed E-state index contributed by atoms with van der Waals surface area (Å²) < 4.78 is 10.2. The lowest BCUT2D eigenvalue weighted by atomic mass is 10.2. The van der Waals surface area contributed by atoms with E-state index in [4.69, 9.17) is 20.4 Å².